The Morgan fingerprint density at radius 2 is 2.06 bits per heavy atom. The zero-order valence-electron chi connectivity index (χ0n) is 20.1. The van der Waals surface area contributed by atoms with Gasteiger partial charge in [-0.25, -0.2) is 0 Å². The zero-order chi connectivity index (χ0) is 24.0. The van der Waals surface area contributed by atoms with Crippen LogP contribution in [0.4, 0.5) is 5.69 Å². The minimum absolute atomic E-state index is 0.317. The fourth-order valence-electron chi connectivity index (χ4n) is 5.73. The normalized spacial score (nSPS) is 17.3. The fraction of sp³-hybridized carbons (Fsp3) is 0.370. The summed E-state index contributed by atoms with van der Waals surface area (Å²) < 4.78 is 3.05. The molecule has 35 heavy (non-hydrogen) atoms. The van der Waals surface area contributed by atoms with Crippen molar-refractivity contribution >= 4 is 42.2 Å². The van der Waals surface area contributed by atoms with Crippen LogP contribution in [-0.4, -0.2) is 59.1 Å². The van der Waals surface area contributed by atoms with Crippen LogP contribution in [0.3, 0.4) is 0 Å². The van der Waals surface area contributed by atoms with Gasteiger partial charge in [-0.05, 0) is 31.2 Å². The topological polar surface area (TPSA) is 99.6 Å². The van der Waals surface area contributed by atoms with E-state index in [1.807, 2.05) is 16.9 Å². The second-order valence-electron chi connectivity index (χ2n) is 10.2. The van der Waals surface area contributed by atoms with Crippen molar-refractivity contribution in [1.82, 2.24) is 24.9 Å². The van der Waals surface area contributed by atoms with E-state index < -0.39 is 0 Å². The first-order chi connectivity index (χ1) is 17.0. The molecule has 1 saturated heterocycles. The quantitative estimate of drug-likeness (QED) is 0.192. The number of nitrogens with two attached hydrogens (primary N) is 1. The third-order valence-electron chi connectivity index (χ3n) is 7.79. The van der Waals surface area contributed by atoms with Crippen LogP contribution in [0.2, 0.25) is 5.82 Å². The number of benzene rings is 2. The van der Waals surface area contributed by atoms with E-state index >= 15 is 0 Å². The molecular weight excluding hydrogens is 501 g/mol. The minimum atomic E-state index is 0.317. The van der Waals surface area contributed by atoms with Crippen LogP contribution in [0.5, 0.6) is 0 Å². The molecular formula is C27H31N7Se. The van der Waals surface area contributed by atoms with E-state index in [2.05, 4.69) is 56.3 Å². The van der Waals surface area contributed by atoms with Crippen LogP contribution in [0.15, 0.2) is 42.6 Å². The van der Waals surface area contributed by atoms with Crippen molar-refractivity contribution < 1.29 is 0 Å². The Hall–Kier alpha value is -2.93. The Kier molecular flexibility index (Phi) is 5.75. The molecule has 2 aromatic carbocycles. The van der Waals surface area contributed by atoms with Gasteiger partial charge in [0, 0.05) is 13.1 Å². The molecule has 8 heteroatoms. The third kappa shape index (κ3) is 4.31. The summed E-state index contributed by atoms with van der Waals surface area (Å²) in [7, 11) is 0. The van der Waals surface area contributed by atoms with Crippen LogP contribution in [0.1, 0.15) is 42.5 Å². The van der Waals surface area contributed by atoms with Crippen LogP contribution in [-0.2, 0) is 13.1 Å². The fourth-order valence-corrected chi connectivity index (χ4v) is 6.74. The Bertz CT molecular complexity index is 1400. The number of hydrogen-bond donors (Lipinski definition) is 3. The Morgan fingerprint density at radius 3 is 2.80 bits per heavy atom. The number of nitrogen functional groups attached to an aromatic ring is 1. The van der Waals surface area contributed by atoms with Crippen LogP contribution in [0.25, 0.3) is 22.2 Å². The van der Waals surface area contributed by atoms with E-state index in [1.54, 1.807) is 0 Å². The molecule has 1 saturated carbocycles. The van der Waals surface area contributed by atoms with Gasteiger partial charge in [0.25, 0.3) is 0 Å². The average Bonchev–Trinajstić information content (AvgIpc) is 3.56. The zero-order valence-corrected chi connectivity index (χ0v) is 21.8. The molecule has 4 N–H and O–H groups in total. The predicted octanol–water partition coefficient (Wildman–Crippen LogP) is 3.81. The van der Waals surface area contributed by atoms with Gasteiger partial charge in [0.05, 0.1) is 0 Å². The summed E-state index contributed by atoms with van der Waals surface area (Å²) in [5, 5.41) is 17.8. The van der Waals surface area contributed by atoms with E-state index in [-0.39, 0.29) is 0 Å². The summed E-state index contributed by atoms with van der Waals surface area (Å²) in [6, 6.07) is 12.9. The second-order valence-corrected chi connectivity index (χ2v) is 12.0. The van der Waals surface area contributed by atoms with E-state index in [0.29, 0.717) is 38.2 Å². The van der Waals surface area contributed by atoms with Crippen molar-refractivity contribution in [3.05, 3.63) is 59.4 Å². The molecule has 0 radical (unpaired) electrons. The molecule has 2 fully saturated rings. The molecule has 3 heterocycles. The first kappa shape index (κ1) is 22.5. The van der Waals surface area contributed by atoms with Crippen LogP contribution in [0, 0.1) is 10.8 Å². The number of nitrogens with zero attached hydrogens (tertiary/aromatic N) is 4. The van der Waals surface area contributed by atoms with Gasteiger partial charge < -0.3 is 0 Å². The number of aromatic nitrogens is 4. The van der Waals surface area contributed by atoms with Gasteiger partial charge in [-0.1, -0.05) is 6.42 Å². The van der Waals surface area contributed by atoms with E-state index in [0.717, 1.165) is 17.8 Å². The molecule has 0 bridgehead atoms. The Balaban J connectivity index is 1.19. The molecule has 4 aromatic rings. The summed E-state index contributed by atoms with van der Waals surface area (Å²) in [6.07, 6.45) is 8.88. The SMILES string of the molecule is C[Se]c1cc(N)c(C=N)c(-c2cn(Cc3ccc4cc(CN5CCC6(CCC6)C5)[nH]c4c3)nn2)c1. The molecule has 2 aromatic heterocycles. The molecule has 0 amide bonds. The number of nitrogens with one attached hydrogen (secondary N) is 2. The van der Waals surface area contributed by atoms with E-state index in [4.69, 9.17) is 11.1 Å². The molecule has 1 aliphatic carbocycles. The van der Waals surface area contributed by atoms with Crippen molar-refractivity contribution in [2.45, 2.75) is 44.6 Å². The standard InChI is InChI=1S/C27H31N7Se/c1-35-21-11-22(23(13-28)24(29)12-21)26-16-34(32-31-26)14-18-3-4-19-10-20(30-25(19)9-18)15-33-8-7-27(17-33)5-2-6-27/h3-4,9-13,16,28,30H,2,5-8,14-15,17,29H2,1H3. The van der Waals surface area contributed by atoms with Crippen molar-refractivity contribution in [2.24, 2.45) is 5.41 Å². The first-order valence-corrected chi connectivity index (χ1v) is 14.8. The number of aromatic amines is 1. The van der Waals surface area contributed by atoms with Crippen molar-refractivity contribution in [1.29, 1.82) is 5.41 Å². The number of H-pyrrole nitrogens is 1. The summed E-state index contributed by atoms with van der Waals surface area (Å²) in [4.78, 5) is 6.27. The molecule has 6 rings (SSSR count). The van der Waals surface area contributed by atoms with Gasteiger partial charge >= 0.3 is 156 Å². The second kappa shape index (κ2) is 8.94. The molecule has 7 nitrogen and oxygen atoms in total. The van der Waals surface area contributed by atoms with Gasteiger partial charge in [0.15, 0.2) is 0 Å². The van der Waals surface area contributed by atoms with Crippen molar-refractivity contribution in [2.75, 3.05) is 18.8 Å². The molecule has 0 unspecified atom stereocenters. The molecule has 180 valence electrons. The predicted molar refractivity (Wildman–Crippen MR) is 143 cm³/mol. The maximum atomic E-state index is 7.81. The molecule has 2 aliphatic rings. The Morgan fingerprint density at radius 1 is 1.17 bits per heavy atom. The number of likely N-dealkylation sites (tertiary alicyclic amines) is 1. The molecule has 0 atom stereocenters. The third-order valence-corrected chi connectivity index (χ3v) is 9.28. The Labute approximate surface area is 211 Å². The summed E-state index contributed by atoms with van der Waals surface area (Å²) >= 11 is 0.317. The molecule has 1 spiro atoms. The van der Waals surface area contributed by atoms with Gasteiger partial charge in [-0.2, -0.15) is 0 Å². The van der Waals surface area contributed by atoms with Crippen molar-refractivity contribution in [3.8, 4) is 11.3 Å². The number of hydrogen-bond acceptors (Lipinski definition) is 5. The molecule has 1 aliphatic heterocycles. The van der Waals surface area contributed by atoms with Crippen LogP contribution < -0.4 is 10.2 Å². The monoisotopic (exact) mass is 533 g/mol. The summed E-state index contributed by atoms with van der Waals surface area (Å²) in [5.41, 5.74) is 13.4. The van der Waals surface area contributed by atoms with Crippen molar-refractivity contribution in [3.63, 3.8) is 0 Å². The number of rotatable bonds is 7. The number of anilines is 1. The van der Waals surface area contributed by atoms with Gasteiger partial charge in [0.1, 0.15) is 0 Å². The van der Waals surface area contributed by atoms with Gasteiger partial charge in [-0.3, -0.25) is 4.90 Å². The summed E-state index contributed by atoms with van der Waals surface area (Å²) in [5.74, 6) is 2.16. The van der Waals surface area contributed by atoms with Gasteiger partial charge in [0.2, 0.25) is 0 Å². The first-order valence-electron chi connectivity index (χ1n) is 12.3. The van der Waals surface area contributed by atoms with E-state index in [9.17, 15) is 0 Å². The van der Waals surface area contributed by atoms with Crippen LogP contribution >= 0.6 is 0 Å². The van der Waals surface area contributed by atoms with Gasteiger partial charge in [-0.15, -0.1) is 0 Å². The number of fused-ring (bicyclic) bond motifs is 1. The summed E-state index contributed by atoms with van der Waals surface area (Å²) in [6.45, 7) is 4.13. The maximum absolute atomic E-state index is 7.81. The van der Waals surface area contributed by atoms with E-state index in [1.165, 1.54) is 71.6 Å². The average molecular weight is 533 g/mol.